The molecule has 3 rings (SSSR count). The van der Waals surface area contributed by atoms with Crippen LogP contribution in [0.3, 0.4) is 0 Å². The minimum Gasteiger partial charge on any atom is -0.325 e. The summed E-state index contributed by atoms with van der Waals surface area (Å²) in [6.07, 6.45) is 1.84. The van der Waals surface area contributed by atoms with Gasteiger partial charge in [-0.15, -0.1) is 0 Å². The maximum Gasteiger partial charge on any atom is 0.277 e. The van der Waals surface area contributed by atoms with Crippen molar-refractivity contribution in [2.75, 3.05) is 5.32 Å². The van der Waals surface area contributed by atoms with Crippen LogP contribution in [0.25, 0.3) is 0 Å². The van der Waals surface area contributed by atoms with E-state index in [0.29, 0.717) is 18.1 Å². The average Bonchev–Trinajstić information content (AvgIpc) is 3.24. The molecule has 0 aliphatic rings. The summed E-state index contributed by atoms with van der Waals surface area (Å²) in [6, 6.07) is 13.5. The molecule has 4 N–H and O–H groups in total. The largest absolute Gasteiger partial charge is 0.325 e. The van der Waals surface area contributed by atoms with Gasteiger partial charge in [0, 0.05) is 24.5 Å². The van der Waals surface area contributed by atoms with E-state index in [0.717, 1.165) is 5.56 Å². The van der Waals surface area contributed by atoms with Crippen molar-refractivity contribution >= 4 is 11.7 Å². The zero-order chi connectivity index (χ0) is 16.2. The maximum absolute atomic E-state index is 12.1. The Hall–Kier alpha value is -2.93. The van der Waals surface area contributed by atoms with Crippen molar-refractivity contribution in [2.24, 2.45) is 5.73 Å². The molecule has 118 valence electrons. The number of carbonyl (C=O) groups is 1. The molecule has 0 fully saturated rings. The van der Waals surface area contributed by atoms with Crippen LogP contribution in [0, 0.1) is 0 Å². The molecule has 0 bridgehead atoms. The average molecular weight is 310 g/mol. The van der Waals surface area contributed by atoms with E-state index in [9.17, 15) is 4.79 Å². The molecular formula is C16H18N6O. The fourth-order valence-corrected chi connectivity index (χ4v) is 2.27. The highest BCUT2D eigenvalue weighted by Crippen LogP contribution is 2.18. The highest BCUT2D eigenvalue weighted by molar-refractivity contribution is 6.02. The third kappa shape index (κ3) is 3.29. The summed E-state index contributed by atoms with van der Waals surface area (Å²) in [6.45, 7) is 2.36. The van der Waals surface area contributed by atoms with Gasteiger partial charge in [-0.2, -0.15) is 10.2 Å². The van der Waals surface area contributed by atoms with Gasteiger partial charge < -0.3 is 11.1 Å². The van der Waals surface area contributed by atoms with Crippen molar-refractivity contribution in [1.29, 1.82) is 0 Å². The topological polar surface area (TPSA) is 102 Å². The van der Waals surface area contributed by atoms with Gasteiger partial charge in [-0.05, 0) is 18.6 Å². The molecule has 0 saturated heterocycles. The summed E-state index contributed by atoms with van der Waals surface area (Å²) in [4.78, 5) is 12.1. The summed E-state index contributed by atoms with van der Waals surface area (Å²) in [5.74, 6) is 0.161. The van der Waals surface area contributed by atoms with E-state index in [1.165, 1.54) is 0 Å². The highest BCUT2D eigenvalue weighted by atomic mass is 16.2. The molecule has 1 unspecified atom stereocenters. The van der Waals surface area contributed by atoms with Gasteiger partial charge in [-0.1, -0.05) is 30.3 Å². The van der Waals surface area contributed by atoms with Crippen LogP contribution < -0.4 is 11.1 Å². The highest BCUT2D eigenvalue weighted by Gasteiger charge is 2.13. The molecule has 3 aromatic rings. The second kappa shape index (κ2) is 6.45. The van der Waals surface area contributed by atoms with Gasteiger partial charge in [0.25, 0.3) is 5.91 Å². The van der Waals surface area contributed by atoms with Gasteiger partial charge in [0.05, 0.1) is 6.04 Å². The summed E-state index contributed by atoms with van der Waals surface area (Å²) < 4.78 is 1.81. The molecule has 7 nitrogen and oxygen atoms in total. The van der Waals surface area contributed by atoms with E-state index in [-0.39, 0.29) is 17.6 Å². The number of nitrogens with two attached hydrogens (primary N) is 1. The fourth-order valence-electron chi connectivity index (χ4n) is 2.27. The quantitative estimate of drug-likeness (QED) is 0.670. The normalized spacial score (nSPS) is 12.1. The fraction of sp³-hybridized carbons (Fsp3) is 0.188. The van der Waals surface area contributed by atoms with Crippen molar-refractivity contribution in [3.8, 4) is 0 Å². The number of rotatable bonds is 5. The number of hydrogen-bond donors (Lipinski definition) is 3. The molecule has 0 aliphatic carbocycles. The first-order valence-corrected chi connectivity index (χ1v) is 7.33. The lowest BCUT2D eigenvalue weighted by Gasteiger charge is -2.12. The molecule has 2 heterocycles. The van der Waals surface area contributed by atoms with E-state index < -0.39 is 0 Å². The summed E-state index contributed by atoms with van der Waals surface area (Å²) in [5.41, 5.74) is 7.63. The zero-order valence-electron chi connectivity index (χ0n) is 12.7. The van der Waals surface area contributed by atoms with Gasteiger partial charge in [-0.3, -0.25) is 14.6 Å². The second-order valence-corrected chi connectivity index (χ2v) is 5.20. The predicted octanol–water partition coefficient (Wildman–Crippen LogP) is 1.93. The minimum absolute atomic E-state index is 0.0797. The number of anilines is 1. The van der Waals surface area contributed by atoms with Crippen LogP contribution in [-0.2, 0) is 6.54 Å². The Morgan fingerprint density at radius 3 is 2.83 bits per heavy atom. The van der Waals surface area contributed by atoms with Crippen molar-refractivity contribution < 1.29 is 4.79 Å². The number of nitrogens with one attached hydrogen (secondary N) is 2. The standard InChI is InChI=1S/C16H18N6O/c1-11(12-5-3-2-4-6-12)22-8-7-15(21-22)18-16(23)14-9-13(10-17)19-20-14/h2-9,11H,10,17H2,1H3,(H,19,20)(H,18,21,23). The van der Waals surface area contributed by atoms with Crippen LogP contribution >= 0.6 is 0 Å². The number of amides is 1. The van der Waals surface area contributed by atoms with Crippen LogP contribution in [0.4, 0.5) is 5.82 Å². The number of nitrogens with zero attached hydrogens (tertiary/aromatic N) is 3. The lowest BCUT2D eigenvalue weighted by Crippen LogP contribution is -2.14. The minimum atomic E-state index is -0.321. The summed E-state index contributed by atoms with van der Waals surface area (Å²) in [7, 11) is 0. The number of hydrogen-bond acceptors (Lipinski definition) is 4. The molecule has 1 aromatic carbocycles. The lowest BCUT2D eigenvalue weighted by atomic mass is 10.1. The van der Waals surface area contributed by atoms with E-state index >= 15 is 0 Å². The Labute approximate surface area is 133 Å². The SMILES string of the molecule is CC(c1ccccc1)n1ccc(NC(=O)c2cc(CN)[nH]n2)n1. The van der Waals surface area contributed by atoms with Crippen LogP contribution in [0.2, 0.25) is 0 Å². The Morgan fingerprint density at radius 1 is 1.35 bits per heavy atom. The second-order valence-electron chi connectivity index (χ2n) is 5.20. The van der Waals surface area contributed by atoms with E-state index in [1.807, 2.05) is 36.5 Å². The van der Waals surface area contributed by atoms with Crippen molar-refractivity contribution in [3.63, 3.8) is 0 Å². The maximum atomic E-state index is 12.1. The lowest BCUT2D eigenvalue weighted by molar-refractivity contribution is 0.102. The molecule has 0 saturated carbocycles. The number of aromatic nitrogens is 4. The molecule has 23 heavy (non-hydrogen) atoms. The molecule has 0 spiro atoms. The number of carbonyl (C=O) groups excluding carboxylic acids is 1. The van der Waals surface area contributed by atoms with E-state index in [2.05, 4.69) is 27.5 Å². The van der Waals surface area contributed by atoms with Crippen molar-refractivity contribution in [3.05, 3.63) is 65.6 Å². The Kier molecular flexibility index (Phi) is 4.20. The first-order valence-electron chi connectivity index (χ1n) is 7.33. The Morgan fingerprint density at radius 2 is 2.13 bits per heavy atom. The molecule has 0 aliphatic heterocycles. The molecule has 1 amide bonds. The third-order valence-electron chi connectivity index (χ3n) is 3.61. The smallest absolute Gasteiger partial charge is 0.277 e. The van der Waals surface area contributed by atoms with Gasteiger partial charge >= 0.3 is 0 Å². The molecular weight excluding hydrogens is 292 g/mol. The zero-order valence-corrected chi connectivity index (χ0v) is 12.7. The summed E-state index contributed by atoms with van der Waals surface area (Å²) >= 11 is 0. The monoisotopic (exact) mass is 310 g/mol. The van der Waals surface area contributed by atoms with E-state index in [1.54, 1.807) is 16.8 Å². The Balaban J connectivity index is 1.71. The first kappa shape index (κ1) is 15.0. The van der Waals surface area contributed by atoms with Gasteiger partial charge in [-0.25, -0.2) is 0 Å². The third-order valence-corrected chi connectivity index (χ3v) is 3.61. The van der Waals surface area contributed by atoms with E-state index in [4.69, 9.17) is 5.73 Å². The van der Waals surface area contributed by atoms with Crippen LogP contribution in [0.1, 0.15) is 34.7 Å². The first-order chi connectivity index (χ1) is 11.2. The molecule has 1 atom stereocenters. The number of benzene rings is 1. The molecule has 2 aromatic heterocycles. The van der Waals surface area contributed by atoms with Crippen molar-refractivity contribution in [2.45, 2.75) is 19.5 Å². The van der Waals surface area contributed by atoms with Crippen LogP contribution in [0.5, 0.6) is 0 Å². The molecule has 0 radical (unpaired) electrons. The Bertz CT molecular complexity index is 792. The number of H-pyrrole nitrogens is 1. The van der Waals surface area contributed by atoms with Crippen LogP contribution in [-0.4, -0.2) is 25.9 Å². The van der Waals surface area contributed by atoms with Gasteiger partial charge in [0.1, 0.15) is 0 Å². The van der Waals surface area contributed by atoms with Gasteiger partial charge in [0.2, 0.25) is 0 Å². The predicted molar refractivity (Wildman–Crippen MR) is 86.9 cm³/mol. The van der Waals surface area contributed by atoms with Crippen molar-refractivity contribution in [1.82, 2.24) is 20.0 Å². The molecule has 7 heteroatoms. The van der Waals surface area contributed by atoms with Gasteiger partial charge in [0.15, 0.2) is 11.5 Å². The number of aromatic amines is 1. The summed E-state index contributed by atoms with van der Waals surface area (Å²) in [5, 5.41) is 13.8. The van der Waals surface area contributed by atoms with Crippen LogP contribution in [0.15, 0.2) is 48.7 Å².